The minimum atomic E-state index is -0.500. The van der Waals surface area contributed by atoms with E-state index in [1.54, 1.807) is 0 Å². The first-order chi connectivity index (χ1) is 15.2. The monoisotopic (exact) mass is 421 g/mol. The molecule has 2 aromatic carbocycles. The van der Waals surface area contributed by atoms with Crippen LogP contribution in [0.4, 0.5) is 0 Å². The van der Waals surface area contributed by atoms with E-state index < -0.39 is 6.10 Å². The summed E-state index contributed by atoms with van der Waals surface area (Å²) < 4.78 is 6.10. The number of fused-ring (bicyclic) bond motifs is 1. The number of para-hydroxylation sites is 1. The molecule has 0 aromatic heterocycles. The number of amides is 1. The van der Waals surface area contributed by atoms with Gasteiger partial charge >= 0.3 is 0 Å². The zero-order chi connectivity index (χ0) is 21.5. The van der Waals surface area contributed by atoms with Gasteiger partial charge in [0.1, 0.15) is 5.75 Å². The highest BCUT2D eigenvalue weighted by atomic mass is 16.5. The van der Waals surface area contributed by atoms with E-state index >= 15 is 0 Å². The number of ether oxygens (including phenoxy) is 1. The Labute approximate surface area is 186 Å². The molecule has 2 aliphatic rings. The van der Waals surface area contributed by atoms with E-state index in [0.29, 0.717) is 12.5 Å². The second-order valence-electron chi connectivity index (χ2n) is 8.78. The summed E-state index contributed by atoms with van der Waals surface area (Å²) in [6.07, 6.45) is 3.90. The average Bonchev–Trinajstić information content (AvgIpc) is 2.82. The van der Waals surface area contributed by atoms with Gasteiger partial charge in [0.2, 0.25) is 0 Å². The molecule has 166 valence electrons. The number of hydrogen-bond acceptors (Lipinski definition) is 4. The molecular weight excluding hydrogens is 386 g/mol. The van der Waals surface area contributed by atoms with Crippen LogP contribution in [0.1, 0.15) is 48.8 Å². The Morgan fingerprint density at radius 2 is 2.00 bits per heavy atom. The maximum absolute atomic E-state index is 12.6. The fourth-order valence-electron chi connectivity index (χ4n) is 4.69. The maximum Gasteiger partial charge on any atom is 0.260 e. The zero-order valence-corrected chi connectivity index (χ0v) is 18.6. The normalized spacial score (nSPS) is 20.0. The van der Waals surface area contributed by atoms with E-state index in [4.69, 9.17) is 4.74 Å². The first-order valence-electron chi connectivity index (χ1n) is 11.7. The van der Waals surface area contributed by atoms with Gasteiger partial charge in [0.15, 0.2) is 6.10 Å². The van der Waals surface area contributed by atoms with Gasteiger partial charge in [-0.3, -0.25) is 9.69 Å². The van der Waals surface area contributed by atoms with E-state index in [0.717, 1.165) is 57.7 Å². The maximum atomic E-state index is 12.6. The molecule has 2 N–H and O–H groups in total. The van der Waals surface area contributed by atoms with Crippen molar-refractivity contribution in [1.29, 1.82) is 0 Å². The summed E-state index contributed by atoms with van der Waals surface area (Å²) in [6, 6.07) is 16.9. The lowest BCUT2D eigenvalue weighted by Gasteiger charge is -2.28. The molecule has 0 spiro atoms. The molecule has 1 unspecified atom stereocenters. The lowest BCUT2D eigenvalue weighted by atomic mass is 9.91. The molecular formula is C26H35N3O2. The molecule has 5 nitrogen and oxygen atoms in total. The summed E-state index contributed by atoms with van der Waals surface area (Å²) in [7, 11) is 0. The van der Waals surface area contributed by atoms with Crippen molar-refractivity contribution in [2.45, 2.75) is 51.2 Å². The third-order valence-corrected chi connectivity index (χ3v) is 6.49. The summed E-state index contributed by atoms with van der Waals surface area (Å²) in [5.41, 5.74) is 4.12. The highest BCUT2D eigenvalue weighted by Gasteiger charge is 2.22. The van der Waals surface area contributed by atoms with Gasteiger partial charge in [-0.1, -0.05) is 42.5 Å². The van der Waals surface area contributed by atoms with E-state index in [9.17, 15) is 4.79 Å². The lowest BCUT2D eigenvalue weighted by molar-refractivity contribution is -0.127. The van der Waals surface area contributed by atoms with Crippen molar-refractivity contribution in [1.82, 2.24) is 15.5 Å². The Morgan fingerprint density at radius 3 is 2.84 bits per heavy atom. The molecule has 0 saturated carbocycles. The van der Waals surface area contributed by atoms with Gasteiger partial charge in [-0.15, -0.1) is 0 Å². The molecule has 0 radical (unpaired) electrons. The topological polar surface area (TPSA) is 53.6 Å². The van der Waals surface area contributed by atoms with Gasteiger partial charge in [0.05, 0.1) is 0 Å². The van der Waals surface area contributed by atoms with Crippen LogP contribution in [0, 0.1) is 0 Å². The summed E-state index contributed by atoms with van der Waals surface area (Å²) in [5, 5.41) is 6.52. The summed E-state index contributed by atoms with van der Waals surface area (Å²) >= 11 is 0. The van der Waals surface area contributed by atoms with Crippen LogP contribution in [0.3, 0.4) is 0 Å². The Morgan fingerprint density at radius 1 is 1.19 bits per heavy atom. The minimum Gasteiger partial charge on any atom is -0.481 e. The minimum absolute atomic E-state index is 0.0411. The van der Waals surface area contributed by atoms with Crippen LogP contribution in [0.5, 0.6) is 5.75 Å². The highest BCUT2D eigenvalue weighted by molar-refractivity contribution is 5.80. The van der Waals surface area contributed by atoms with Gasteiger partial charge in [0, 0.05) is 38.6 Å². The number of benzene rings is 2. The largest absolute Gasteiger partial charge is 0.481 e. The number of carbonyl (C=O) groups excluding carboxylic acids is 1. The lowest BCUT2D eigenvalue weighted by Crippen LogP contribution is -2.38. The smallest absolute Gasteiger partial charge is 0.260 e. The van der Waals surface area contributed by atoms with Crippen molar-refractivity contribution in [2.75, 3.05) is 32.7 Å². The number of nitrogens with one attached hydrogen (secondary N) is 2. The fraction of sp³-hybridized carbons (Fsp3) is 0.500. The Bertz CT molecular complexity index is 863. The van der Waals surface area contributed by atoms with E-state index in [2.05, 4.69) is 51.9 Å². The van der Waals surface area contributed by atoms with Crippen molar-refractivity contribution in [3.8, 4) is 5.75 Å². The fourth-order valence-corrected chi connectivity index (χ4v) is 4.69. The van der Waals surface area contributed by atoms with E-state index in [1.807, 2.05) is 19.1 Å². The van der Waals surface area contributed by atoms with Gasteiger partial charge in [-0.25, -0.2) is 0 Å². The van der Waals surface area contributed by atoms with Crippen LogP contribution >= 0.6 is 0 Å². The van der Waals surface area contributed by atoms with Crippen LogP contribution < -0.4 is 15.4 Å². The molecule has 1 saturated heterocycles. The number of hydrogen-bond donors (Lipinski definition) is 2. The van der Waals surface area contributed by atoms with Crippen LogP contribution in [0.25, 0.3) is 0 Å². The SMILES string of the molecule is CC(Oc1ccccc1[C@@H]1CCCNC1)C(=O)NCCCN1CCc2ccccc2C1. The van der Waals surface area contributed by atoms with Gasteiger partial charge in [-0.2, -0.15) is 0 Å². The van der Waals surface area contributed by atoms with E-state index in [-0.39, 0.29) is 5.91 Å². The average molecular weight is 422 g/mol. The first kappa shape index (κ1) is 21.8. The molecule has 2 aliphatic heterocycles. The molecule has 2 heterocycles. The third kappa shape index (κ3) is 5.86. The van der Waals surface area contributed by atoms with E-state index in [1.165, 1.54) is 23.1 Å². The third-order valence-electron chi connectivity index (χ3n) is 6.49. The highest BCUT2D eigenvalue weighted by Crippen LogP contribution is 2.31. The standard InChI is InChI=1S/C26H35N3O2/c1-20(31-25-12-5-4-11-24(25)22-10-6-14-27-18-22)26(30)28-15-7-16-29-17-13-21-8-2-3-9-23(21)19-29/h2-5,8-9,11-12,20,22,27H,6-7,10,13-19H2,1H3,(H,28,30)/t20?,22-/m1/s1. The molecule has 0 bridgehead atoms. The van der Waals surface area contributed by atoms with Crippen molar-refractivity contribution < 1.29 is 9.53 Å². The molecule has 4 rings (SSSR count). The predicted octanol–water partition coefficient (Wildman–Crippen LogP) is 3.49. The predicted molar refractivity (Wildman–Crippen MR) is 124 cm³/mol. The second-order valence-corrected chi connectivity index (χ2v) is 8.78. The van der Waals surface area contributed by atoms with Gasteiger partial charge in [-0.05, 0) is 61.9 Å². The Balaban J connectivity index is 1.21. The summed E-state index contributed by atoms with van der Waals surface area (Å²) in [5.74, 6) is 1.25. The van der Waals surface area contributed by atoms with Crippen molar-refractivity contribution in [3.05, 3.63) is 65.2 Å². The van der Waals surface area contributed by atoms with Crippen LogP contribution in [0.15, 0.2) is 48.5 Å². The quantitative estimate of drug-likeness (QED) is 0.641. The zero-order valence-electron chi connectivity index (χ0n) is 18.6. The molecule has 1 fully saturated rings. The molecule has 5 heteroatoms. The summed E-state index contributed by atoms with van der Waals surface area (Å²) in [6.45, 7) is 7.69. The molecule has 31 heavy (non-hydrogen) atoms. The summed E-state index contributed by atoms with van der Waals surface area (Å²) in [4.78, 5) is 15.1. The van der Waals surface area contributed by atoms with Crippen molar-refractivity contribution in [2.24, 2.45) is 0 Å². The number of piperidine rings is 1. The molecule has 2 atom stereocenters. The number of nitrogens with zero attached hydrogens (tertiary/aromatic N) is 1. The Hall–Kier alpha value is -2.37. The van der Waals surface area contributed by atoms with Crippen LogP contribution in [0.2, 0.25) is 0 Å². The second kappa shape index (κ2) is 10.8. The van der Waals surface area contributed by atoms with Gasteiger partial charge < -0.3 is 15.4 Å². The molecule has 1 amide bonds. The van der Waals surface area contributed by atoms with Crippen LogP contribution in [-0.4, -0.2) is 49.6 Å². The number of carbonyl (C=O) groups is 1. The van der Waals surface area contributed by atoms with Crippen molar-refractivity contribution in [3.63, 3.8) is 0 Å². The molecule has 0 aliphatic carbocycles. The van der Waals surface area contributed by atoms with Gasteiger partial charge in [0.25, 0.3) is 5.91 Å². The number of rotatable bonds is 8. The van der Waals surface area contributed by atoms with Crippen LogP contribution in [-0.2, 0) is 17.8 Å². The van der Waals surface area contributed by atoms with Crippen molar-refractivity contribution >= 4 is 5.91 Å². The molecule has 2 aromatic rings. The Kier molecular flexibility index (Phi) is 7.60. The first-order valence-corrected chi connectivity index (χ1v) is 11.7.